The highest BCUT2D eigenvalue weighted by atomic mass is 16.7. The summed E-state index contributed by atoms with van der Waals surface area (Å²) in [6, 6.07) is 0. The quantitative estimate of drug-likeness (QED) is 0.637. The molecule has 1 heterocycles. The zero-order valence-electron chi connectivity index (χ0n) is 12.7. The van der Waals surface area contributed by atoms with Crippen LogP contribution in [0, 0.1) is 0 Å². The van der Waals surface area contributed by atoms with Crippen molar-refractivity contribution < 1.29 is 23.7 Å². The van der Waals surface area contributed by atoms with E-state index in [-0.39, 0.29) is 24.4 Å². The van der Waals surface area contributed by atoms with Gasteiger partial charge in [-0.3, -0.25) is 0 Å². The molecule has 20 heavy (non-hydrogen) atoms. The molecule has 0 spiro atoms. The van der Waals surface area contributed by atoms with E-state index in [9.17, 15) is 4.79 Å². The van der Waals surface area contributed by atoms with Crippen LogP contribution in [0.15, 0.2) is 0 Å². The third kappa shape index (κ3) is 5.62. The van der Waals surface area contributed by atoms with Crippen molar-refractivity contribution in [3.05, 3.63) is 0 Å². The van der Waals surface area contributed by atoms with Gasteiger partial charge in [0.15, 0.2) is 6.29 Å². The summed E-state index contributed by atoms with van der Waals surface area (Å²) in [4.78, 5) is 11.4. The molecule has 7 nitrogen and oxygen atoms in total. The van der Waals surface area contributed by atoms with E-state index in [1.807, 2.05) is 27.7 Å². The lowest BCUT2D eigenvalue weighted by Gasteiger charge is -2.45. The van der Waals surface area contributed by atoms with Crippen molar-refractivity contribution in [3.63, 3.8) is 0 Å². The minimum absolute atomic E-state index is 0.0280. The van der Waals surface area contributed by atoms with Crippen LogP contribution in [0.5, 0.6) is 0 Å². The van der Waals surface area contributed by atoms with Crippen LogP contribution in [0.4, 0.5) is 4.79 Å². The van der Waals surface area contributed by atoms with Crippen LogP contribution in [-0.2, 0) is 18.9 Å². The number of carbonyl (C=O) groups is 1. The molecule has 3 N–H and O–H groups in total. The van der Waals surface area contributed by atoms with Gasteiger partial charge in [0.05, 0.1) is 18.3 Å². The molecule has 1 saturated heterocycles. The molecule has 1 fully saturated rings. The fourth-order valence-electron chi connectivity index (χ4n) is 1.65. The first-order valence-corrected chi connectivity index (χ1v) is 6.90. The van der Waals surface area contributed by atoms with Gasteiger partial charge in [0, 0.05) is 13.1 Å². The molecule has 2 atom stereocenters. The highest BCUT2D eigenvalue weighted by Gasteiger charge is 2.42. The molecule has 0 bridgehead atoms. The second kappa shape index (κ2) is 7.78. The van der Waals surface area contributed by atoms with E-state index < -0.39 is 12.4 Å². The topological polar surface area (TPSA) is 92.0 Å². The van der Waals surface area contributed by atoms with E-state index in [4.69, 9.17) is 24.7 Å². The Hall–Kier alpha value is -0.890. The first kappa shape index (κ1) is 17.2. The average Bonchev–Trinajstić information content (AvgIpc) is 2.37. The van der Waals surface area contributed by atoms with Crippen molar-refractivity contribution in [1.82, 2.24) is 5.32 Å². The summed E-state index contributed by atoms with van der Waals surface area (Å²) in [5.74, 6) is 0. The summed E-state index contributed by atoms with van der Waals surface area (Å²) in [7, 11) is 0. The zero-order valence-corrected chi connectivity index (χ0v) is 12.7. The second-order valence-electron chi connectivity index (χ2n) is 5.47. The summed E-state index contributed by atoms with van der Waals surface area (Å²) in [6.45, 7) is 8.97. The molecule has 2 unspecified atom stereocenters. The first-order valence-electron chi connectivity index (χ1n) is 6.90. The summed E-state index contributed by atoms with van der Waals surface area (Å²) in [5.41, 5.74) is 4.95. The maximum atomic E-state index is 11.4. The smallest absolute Gasteiger partial charge is 0.407 e. The van der Waals surface area contributed by atoms with Gasteiger partial charge in [0.25, 0.3) is 0 Å². The summed E-state index contributed by atoms with van der Waals surface area (Å²) >= 11 is 0. The summed E-state index contributed by atoms with van der Waals surface area (Å²) in [6.07, 6.45) is -1.23. The number of rotatable bonds is 8. The summed E-state index contributed by atoms with van der Waals surface area (Å²) in [5, 5.41) is 2.52. The second-order valence-corrected chi connectivity index (χ2v) is 5.47. The van der Waals surface area contributed by atoms with E-state index in [0.29, 0.717) is 19.7 Å². The molecule has 7 heteroatoms. The first-order chi connectivity index (χ1) is 9.35. The van der Waals surface area contributed by atoms with Crippen LogP contribution in [0.3, 0.4) is 0 Å². The molecule has 0 aromatic rings. The van der Waals surface area contributed by atoms with E-state index in [2.05, 4.69) is 5.32 Å². The van der Waals surface area contributed by atoms with Crippen LogP contribution < -0.4 is 11.1 Å². The van der Waals surface area contributed by atoms with Gasteiger partial charge in [-0.2, -0.15) is 0 Å². The molecule has 1 aliphatic heterocycles. The fraction of sp³-hybridized carbons (Fsp3) is 0.923. The van der Waals surface area contributed by atoms with Crippen LogP contribution in [-0.4, -0.2) is 56.5 Å². The van der Waals surface area contributed by atoms with Crippen LogP contribution in [0.1, 0.15) is 27.7 Å². The normalized spacial score (nSPS) is 22.2. The Morgan fingerprint density at radius 3 is 2.65 bits per heavy atom. The maximum absolute atomic E-state index is 11.4. The number of alkyl carbamates (subject to hydrolysis) is 1. The van der Waals surface area contributed by atoms with E-state index in [0.717, 1.165) is 0 Å². The monoisotopic (exact) mass is 290 g/mol. The number of nitrogens with one attached hydrogen (secondary N) is 1. The van der Waals surface area contributed by atoms with Crippen molar-refractivity contribution in [2.24, 2.45) is 5.73 Å². The zero-order chi connectivity index (χ0) is 15.2. The van der Waals surface area contributed by atoms with E-state index in [1.165, 1.54) is 0 Å². The minimum atomic E-state index is -0.605. The lowest BCUT2D eigenvalue weighted by atomic mass is 9.96. The fourth-order valence-corrected chi connectivity index (χ4v) is 1.65. The molecule has 1 amide bonds. The highest BCUT2D eigenvalue weighted by molar-refractivity contribution is 5.67. The van der Waals surface area contributed by atoms with Gasteiger partial charge in [0.1, 0.15) is 12.7 Å². The summed E-state index contributed by atoms with van der Waals surface area (Å²) < 4.78 is 21.8. The standard InChI is InChI=1S/C13H26N2O5/c1-9(2)19-11(8-17-12(16)15-6-5-14)20-10-7-18-13(10,3)4/h9-11H,5-8,14H2,1-4H3,(H,15,16). The van der Waals surface area contributed by atoms with Gasteiger partial charge in [-0.05, 0) is 27.7 Å². The molecule has 0 saturated carbocycles. The third-order valence-electron chi connectivity index (χ3n) is 2.89. The van der Waals surface area contributed by atoms with Crippen molar-refractivity contribution in [3.8, 4) is 0 Å². The van der Waals surface area contributed by atoms with Crippen LogP contribution >= 0.6 is 0 Å². The number of amides is 1. The Morgan fingerprint density at radius 1 is 1.50 bits per heavy atom. The lowest BCUT2D eigenvalue weighted by molar-refractivity contribution is -0.301. The number of carbonyl (C=O) groups excluding carboxylic acids is 1. The number of hydrogen-bond acceptors (Lipinski definition) is 6. The van der Waals surface area contributed by atoms with Crippen LogP contribution in [0.2, 0.25) is 0 Å². The molecule has 0 radical (unpaired) electrons. The van der Waals surface area contributed by atoms with Crippen LogP contribution in [0.25, 0.3) is 0 Å². The van der Waals surface area contributed by atoms with E-state index >= 15 is 0 Å². The molecular formula is C13H26N2O5. The Labute approximate surface area is 120 Å². The number of ether oxygens (including phenoxy) is 4. The molecule has 0 aromatic heterocycles. The lowest BCUT2D eigenvalue weighted by Crippen LogP contribution is -2.57. The minimum Gasteiger partial charge on any atom is -0.444 e. The van der Waals surface area contributed by atoms with Gasteiger partial charge in [-0.25, -0.2) is 4.79 Å². The van der Waals surface area contributed by atoms with Gasteiger partial charge < -0.3 is 30.0 Å². The number of nitrogens with two attached hydrogens (primary N) is 1. The Morgan fingerprint density at radius 2 is 2.20 bits per heavy atom. The Balaban J connectivity index is 2.38. The van der Waals surface area contributed by atoms with Gasteiger partial charge in [0.2, 0.25) is 0 Å². The van der Waals surface area contributed by atoms with E-state index in [1.54, 1.807) is 0 Å². The third-order valence-corrected chi connectivity index (χ3v) is 2.89. The molecule has 0 aliphatic carbocycles. The molecule has 0 aromatic carbocycles. The number of hydrogen-bond donors (Lipinski definition) is 2. The van der Waals surface area contributed by atoms with Gasteiger partial charge in [-0.15, -0.1) is 0 Å². The Kier molecular flexibility index (Phi) is 6.67. The SMILES string of the molecule is CC(C)OC(COC(=O)NCCN)OC1COC1(C)C. The predicted octanol–water partition coefficient (Wildman–Crippen LogP) is 0.616. The largest absolute Gasteiger partial charge is 0.444 e. The molecule has 118 valence electrons. The maximum Gasteiger partial charge on any atom is 0.407 e. The van der Waals surface area contributed by atoms with Crippen molar-refractivity contribution in [1.29, 1.82) is 0 Å². The van der Waals surface area contributed by atoms with Crippen molar-refractivity contribution in [2.75, 3.05) is 26.3 Å². The predicted molar refractivity (Wildman–Crippen MR) is 73.3 cm³/mol. The molecular weight excluding hydrogens is 264 g/mol. The van der Waals surface area contributed by atoms with Gasteiger partial charge >= 0.3 is 6.09 Å². The molecule has 1 aliphatic rings. The highest BCUT2D eigenvalue weighted by Crippen LogP contribution is 2.29. The Bertz CT molecular complexity index is 309. The average molecular weight is 290 g/mol. The molecule has 1 rings (SSSR count). The van der Waals surface area contributed by atoms with Crippen molar-refractivity contribution >= 4 is 6.09 Å². The van der Waals surface area contributed by atoms with Crippen molar-refractivity contribution in [2.45, 2.75) is 51.8 Å². The van der Waals surface area contributed by atoms with Gasteiger partial charge in [-0.1, -0.05) is 0 Å².